The van der Waals surface area contributed by atoms with Gasteiger partial charge in [0.25, 0.3) is 0 Å². The molecular weight excluding hydrogens is 236 g/mol. The van der Waals surface area contributed by atoms with Crippen LogP contribution in [0.2, 0.25) is 5.02 Å². The van der Waals surface area contributed by atoms with Crippen LogP contribution < -0.4 is 5.32 Å². The van der Waals surface area contributed by atoms with Gasteiger partial charge in [0, 0.05) is 16.8 Å². The second-order valence-corrected chi connectivity index (χ2v) is 4.06. The largest absolute Gasteiger partial charge is 0.327 e. The molecule has 86 valence electrons. The second kappa shape index (κ2) is 4.97. The van der Waals surface area contributed by atoms with Crippen LogP contribution in [0.3, 0.4) is 0 Å². The van der Waals surface area contributed by atoms with Gasteiger partial charge in [-0.2, -0.15) is 0 Å². The van der Waals surface area contributed by atoms with Crippen LogP contribution in [-0.2, 0) is 4.79 Å². The molecule has 1 aromatic heterocycles. The molecule has 0 aliphatic carbocycles. The van der Waals surface area contributed by atoms with Gasteiger partial charge in [-0.05, 0) is 30.7 Å². The van der Waals surface area contributed by atoms with Crippen LogP contribution in [-0.4, -0.2) is 11.4 Å². The summed E-state index contributed by atoms with van der Waals surface area (Å²) >= 11 is 5.83. The molecule has 0 saturated heterocycles. The molecule has 0 aliphatic rings. The Morgan fingerprint density at radius 1 is 1.24 bits per heavy atom. The highest BCUT2D eigenvalue weighted by Gasteiger charge is 2.03. The number of hydrogen-bond acceptors (Lipinski definition) is 2. The fourth-order valence-electron chi connectivity index (χ4n) is 1.54. The predicted octanol–water partition coefficient (Wildman–Crippen LogP) is 3.28. The Bertz CT molecular complexity index is 538. The third-order valence-electron chi connectivity index (χ3n) is 2.48. The lowest BCUT2D eigenvalue weighted by Gasteiger charge is -2.07. The van der Waals surface area contributed by atoms with Gasteiger partial charge in [0.05, 0.1) is 11.4 Å². The number of carbonyl (C=O) groups is 1. The lowest BCUT2D eigenvalue weighted by atomic mass is 10.1. The number of nitrogens with one attached hydrogen (secondary N) is 1. The quantitative estimate of drug-likeness (QED) is 0.845. The Morgan fingerprint density at radius 2 is 1.94 bits per heavy atom. The monoisotopic (exact) mass is 246 g/mol. The molecule has 0 spiro atoms. The van der Waals surface area contributed by atoms with E-state index in [4.69, 9.17) is 11.6 Å². The molecule has 0 bridgehead atoms. The molecule has 1 aromatic carbocycles. The van der Waals surface area contributed by atoms with Crippen molar-refractivity contribution in [3.8, 4) is 11.1 Å². The van der Waals surface area contributed by atoms with Crippen molar-refractivity contribution in [3.63, 3.8) is 0 Å². The summed E-state index contributed by atoms with van der Waals surface area (Å²) in [5.74, 6) is 0. The maximum absolute atomic E-state index is 10.5. The van der Waals surface area contributed by atoms with Crippen LogP contribution in [0.25, 0.3) is 11.1 Å². The Hall–Kier alpha value is -1.87. The molecule has 1 heterocycles. The van der Waals surface area contributed by atoms with E-state index in [-0.39, 0.29) is 0 Å². The van der Waals surface area contributed by atoms with Gasteiger partial charge < -0.3 is 5.32 Å². The van der Waals surface area contributed by atoms with E-state index >= 15 is 0 Å². The molecule has 0 fully saturated rings. The van der Waals surface area contributed by atoms with E-state index in [0.717, 1.165) is 16.8 Å². The third-order valence-corrected chi connectivity index (χ3v) is 2.73. The van der Waals surface area contributed by atoms with E-state index in [0.29, 0.717) is 17.1 Å². The number of rotatable bonds is 3. The minimum atomic E-state index is 0.648. The van der Waals surface area contributed by atoms with Gasteiger partial charge in [-0.15, -0.1) is 0 Å². The van der Waals surface area contributed by atoms with Gasteiger partial charge in [0.1, 0.15) is 0 Å². The first kappa shape index (κ1) is 11.6. The zero-order chi connectivity index (χ0) is 12.3. The molecule has 3 nitrogen and oxygen atoms in total. The number of aryl methyl sites for hydroxylation is 1. The first-order valence-electron chi connectivity index (χ1n) is 5.13. The van der Waals surface area contributed by atoms with Crippen molar-refractivity contribution in [1.29, 1.82) is 0 Å². The van der Waals surface area contributed by atoms with Gasteiger partial charge in [-0.3, -0.25) is 9.78 Å². The average molecular weight is 247 g/mol. The molecule has 0 aliphatic heterocycles. The molecule has 17 heavy (non-hydrogen) atoms. The number of aromatic nitrogens is 1. The van der Waals surface area contributed by atoms with E-state index < -0.39 is 0 Å². The van der Waals surface area contributed by atoms with Crippen molar-refractivity contribution in [1.82, 2.24) is 4.98 Å². The predicted molar refractivity (Wildman–Crippen MR) is 69.1 cm³/mol. The molecule has 2 aromatic rings. The normalized spacial score (nSPS) is 10.0. The number of benzene rings is 1. The first-order chi connectivity index (χ1) is 8.20. The van der Waals surface area contributed by atoms with E-state index in [2.05, 4.69) is 10.3 Å². The topological polar surface area (TPSA) is 42.0 Å². The van der Waals surface area contributed by atoms with Gasteiger partial charge in [0.2, 0.25) is 6.41 Å². The smallest absolute Gasteiger partial charge is 0.211 e. The zero-order valence-corrected chi connectivity index (χ0v) is 10.0. The highest BCUT2D eigenvalue weighted by Crippen LogP contribution is 2.24. The number of hydrogen-bond donors (Lipinski definition) is 1. The average Bonchev–Trinajstić information content (AvgIpc) is 2.33. The van der Waals surface area contributed by atoms with Crippen LogP contribution in [0.1, 0.15) is 5.69 Å². The lowest BCUT2D eigenvalue weighted by Crippen LogP contribution is -1.98. The van der Waals surface area contributed by atoms with Crippen molar-refractivity contribution in [3.05, 3.63) is 47.2 Å². The molecule has 2 rings (SSSR count). The van der Waals surface area contributed by atoms with Crippen molar-refractivity contribution >= 4 is 23.7 Å². The Balaban J connectivity index is 2.42. The van der Waals surface area contributed by atoms with Crippen LogP contribution in [0.15, 0.2) is 36.5 Å². The molecule has 0 saturated carbocycles. The Labute approximate surface area is 104 Å². The summed E-state index contributed by atoms with van der Waals surface area (Å²) in [4.78, 5) is 14.7. The standard InChI is InChI=1S/C13H11ClN2O/c1-9-13(16-8-17)6-11(7-15-9)10-2-4-12(14)5-3-10/h2-8H,1H3,(H,16,17). The first-order valence-corrected chi connectivity index (χ1v) is 5.51. The number of nitrogens with zero attached hydrogens (tertiary/aromatic N) is 1. The van der Waals surface area contributed by atoms with Crippen LogP contribution in [0.5, 0.6) is 0 Å². The highest BCUT2D eigenvalue weighted by molar-refractivity contribution is 6.30. The van der Waals surface area contributed by atoms with Crippen LogP contribution in [0, 0.1) is 6.92 Å². The van der Waals surface area contributed by atoms with Crippen molar-refractivity contribution < 1.29 is 4.79 Å². The number of pyridine rings is 1. The molecule has 0 unspecified atom stereocenters. The molecule has 0 radical (unpaired) electrons. The Morgan fingerprint density at radius 3 is 2.59 bits per heavy atom. The van der Waals surface area contributed by atoms with E-state index in [1.54, 1.807) is 6.20 Å². The fraction of sp³-hybridized carbons (Fsp3) is 0.0769. The third kappa shape index (κ3) is 2.63. The van der Waals surface area contributed by atoms with E-state index in [1.165, 1.54) is 0 Å². The number of amides is 1. The number of halogens is 1. The molecule has 4 heteroatoms. The highest BCUT2D eigenvalue weighted by atomic mass is 35.5. The minimum absolute atomic E-state index is 0.648. The minimum Gasteiger partial charge on any atom is -0.327 e. The van der Waals surface area contributed by atoms with Crippen molar-refractivity contribution in [2.24, 2.45) is 0 Å². The van der Waals surface area contributed by atoms with Crippen LogP contribution >= 0.6 is 11.6 Å². The van der Waals surface area contributed by atoms with E-state index in [1.807, 2.05) is 37.3 Å². The van der Waals surface area contributed by atoms with E-state index in [9.17, 15) is 4.79 Å². The van der Waals surface area contributed by atoms with Gasteiger partial charge >= 0.3 is 0 Å². The van der Waals surface area contributed by atoms with Gasteiger partial charge in [0.15, 0.2) is 0 Å². The van der Waals surface area contributed by atoms with Crippen molar-refractivity contribution in [2.75, 3.05) is 5.32 Å². The fourth-order valence-corrected chi connectivity index (χ4v) is 1.67. The summed E-state index contributed by atoms with van der Waals surface area (Å²) in [7, 11) is 0. The summed E-state index contributed by atoms with van der Waals surface area (Å²) in [5, 5.41) is 3.32. The summed E-state index contributed by atoms with van der Waals surface area (Å²) in [5.41, 5.74) is 3.45. The van der Waals surface area contributed by atoms with Gasteiger partial charge in [-0.1, -0.05) is 23.7 Å². The summed E-state index contributed by atoms with van der Waals surface area (Å²) < 4.78 is 0. The lowest BCUT2D eigenvalue weighted by molar-refractivity contribution is -0.105. The van der Waals surface area contributed by atoms with Crippen LogP contribution in [0.4, 0.5) is 5.69 Å². The maximum Gasteiger partial charge on any atom is 0.211 e. The second-order valence-electron chi connectivity index (χ2n) is 3.63. The summed E-state index contributed by atoms with van der Waals surface area (Å²) in [6.45, 7) is 1.84. The van der Waals surface area contributed by atoms with Gasteiger partial charge in [-0.25, -0.2) is 0 Å². The summed E-state index contributed by atoms with van der Waals surface area (Å²) in [6, 6.07) is 9.37. The molecule has 1 N–H and O–H groups in total. The van der Waals surface area contributed by atoms with Crippen molar-refractivity contribution in [2.45, 2.75) is 6.92 Å². The SMILES string of the molecule is Cc1ncc(-c2ccc(Cl)cc2)cc1NC=O. The summed E-state index contributed by atoms with van der Waals surface area (Å²) in [6.07, 6.45) is 2.42. The number of carbonyl (C=O) groups excluding carboxylic acids is 1. The number of anilines is 1. The molecule has 1 amide bonds. The molecular formula is C13H11ClN2O. The maximum atomic E-state index is 10.5. The Kier molecular flexibility index (Phi) is 3.40. The molecule has 0 atom stereocenters. The zero-order valence-electron chi connectivity index (χ0n) is 9.27.